The Kier molecular flexibility index (Phi) is 6.94. The number of thioether (sulfide) groups is 1. The average molecular weight is 412 g/mol. The van der Waals surface area contributed by atoms with Crippen LogP contribution in [0.5, 0.6) is 11.5 Å². The number of nitrogens with one attached hydrogen (secondary N) is 1. The molecule has 1 N–H and O–H groups in total. The molecule has 0 bridgehead atoms. The van der Waals surface area contributed by atoms with E-state index in [1.165, 1.54) is 0 Å². The minimum absolute atomic E-state index is 0.0489. The maximum atomic E-state index is 12.0. The number of aryl methyl sites for hydroxylation is 1. The maximum Gasteiger partial charge on any atom is 0.231 e. The summed E-state index contributed by atoms with van der Waals surface area (Å²) in [6, 6.07) is 11.3. The van der Waals surface area contributed by atoms with Crippen molar-refractivity contribution >= 4 is 40.9 Å². The van der Waals surface area contributed by atoms with Crippen molar-refractivity contribution in [2.24, 2.45) is 0 Å². The number of hydrogen-bond acceptors (Lipinski definition) is 4. The minimum Gasteiger partial charge on any atom is -0.454 e. The van der Waals surface area contributed by atoms with Crippen molar-refractivity contribution in [1.82, 2.24) is 5.32 Å². The van der Waals surface area contributed by atoms with E-state index in [1.807, 2.05) is 30.3 Å². The van der Waals surface area contributed by atoms with Gasteiger partial charge in [-0.3, -0.25) is 4.79 Å². The Bertz CT molecular complexity index is 785. The Morgan fingerprint density at radius 1 is 1.12 bits per heavy atom. The molecule has 0 atom stereocenters. The van der Waals surface area contributed by atoms with Crippen LogP contribution in [-0.2, 0) is 17.0 Å². The van der Waals surface area contributed by atoms with E-state index in [9.17, 15) is 4.79 Å². The molecule has 2 aromatic rings. The lowest BCUT2D eigenvalue weighted by atomic mass is 10.1. The van der Waals surface area contributed by atoms with Gasteiger partial charge in [-0.25, -0.2) is 0 Å². The van der Waals surface area contributed by atoms with Crippen LogP contribution in [0.2, 0.25) is 10.0 Å². The summed E-state index contributed by atoms with van der Waals surface area (Å²) in [5.74, 6) is 3.18. The standard InChI is InChI=1S/C19H19Cl2NO3S/c20-15-4-3-14(16(21)10-15)11-26-8-7-22-19(23)6-2-13-1-5-17-18(9-13)25-12-24-17/h1,3-5,9-10H,2,6-8,11-12H2,(H,22,23). The highest BCUT2D eigenvalue weighted by atomic mass is 35.5. The molecule has 0 unspecified atom stereocenters. The van der Waals surface area contributed by atoms with Gasteiger partial charge < -0.3 is 14.8 Å². The third-order valence-electron chi connectivity index (χ3n) is 3.92. The van der Waals surface area contributed by atoms with Crippen molar-refractivity contribution in [3.05, 3.63) is 57.6 Å². The molecule has 1 aliphatic rings. The van der Waals surface area contributed by atoms with Crippen LogP contribution in [0.4, 0.5) is 0 Å². The van der Waals surface area contributed by atoms with Crippen molar-refractivity contribution in [2.45, 2.75) is 18.6 Å². The van der Waals surface area contributed by atoms with E-state index in [0.717, 1.165) is 34.1 Å². The summed E-state index contributed by atoms with van der Waals surface area (Å²) >= 11 is 13.8. The Morgan fingerprint density at radius 3 is 2.81 bits per heavy atom. The average Bonchev–Trinajstić information content (AvgIpc) is 3.09. The number of benzene rings is 2. The van der Waals surface area contributed by atoms with E-state index in [2.05, 4.69) is 5.32 Å². The zero-order chi connectivity index (χ0) is 18.4. The second kappa shape index (κ2) is 9.40. The van der Waals surface area contributed by atoms with Crippen LogP contribution in [-0.4, -0.2) is 25.0 Å². The van der Waals surface area contributed by atoms with Crippen LogP contribution in [0.15, 0.2) is 36.4 Å². The summed E-state index contributed by atoms with van der Waals surface area (Å²) < 4.78 is 10.6. The van der Waals surface area contributed by atoms with Crippen LogP contribution < -0.4 is 14.8 Å². The lowest BCUT2D eigenvalue weighted by Gasteiger charge is -2.07. The van der Waals surface area contributed by atoms with Gasteiger partial charge in [0.05, 0.1) is 0 Å². The molecule has 0 saturated carbocycles. The van der Waals surface area contributed by atoms with E-state index < -0.39 is 0 Å². The quantitative estimate of drug-likeness (QED) is 0.639. The van der Waals surface area contributed by atoms with Gasteiger partial charge in [-0.2, -0.15) is 11.8 Å². The number of hydrogen-bond donors (Lipinski definition) is 1. The van der Waals surface area contributed by atoms with E-state index in [4.69, 9.17) is 32.7 Å². The highest BCUT2D eigenvalue weighted by Crippen LogP contribution is 2.32. The molecule has 7 heteroatoms. The molecule has 1 amide bonds. The Morgan fingerprint density at radius 2 is 1.96 bits per heavy atom. The molecule has 26 heavy (non-hydrogen) atoms. The molecular weight excluding hydrogens is 393 g/mol. The second-order valence-electron chi connectivity index (χ2n) is 5.83. The summed E-state index contributed by atoms with van der Waals surface area (Å²) in [5, 5.41) is 4.26. The first-order chi connectivity index (χ1) is 12.6. The van der Waals surface area contributed by atoms with E-state index in [1.54, 1.807) is 17.8 Å². The first-order valence-corrected chi connectivity index (χ1v) is 10.2. The summed E-state index contributed by atoms with van der Waals surface area (Å²) in [4.78, 5) is 12.0. The molecule has 0 aliphatic carbocycles. The zero-order valence-electron chi connectivity index (χ0n) is 14.1. The fraction of sp³-hybridized carbons (Fsp3) is 0.316. The van der Waals surface area contributed by atoms with Crippen LogP contribution >= 0.6 is 35.0 Å². The minimum atomic E-state index is 0.0489. The molecule has 0 radical (unpaired) electrons. The molecular formula is C19H19Cl2NO3S. The molecule has 1 aliphatic heterocycles. The van der Waals surface area contributed by atoms with Crippen molar-refractivity contribution in [1.29, 1.82) is 0 Å². The Labute approximate surface area is 167 Å². The van der Waals surface area contributed by atoms with E-state index in [0.29, 0.717) is 29.4 Å². The number of amides is 1. The van der Waals surface area contributed by atoms with Crippen molar-refractivity contribution in [2.75, 3.05) is 19.1 Å². The predicted octanol–water partition coefficient (Wildman–Crippen LogP) is 4.70. The zero-order valence-corrected chi connectivity index (χ0v) is 16.4. The van der Waals surface area contributed by atoms with Gasteiger partial charge in [0.25, 0.3) is 0 Å². The summed E-state index contributed by atoms with van der Waals surface area (Å²) in [6.07, 6.45) is 1.13. The smallest absolute Gasteiger partial charge is 0.231 e. The number of carbonyl (C=O) groups is 1. The largest absolute Gasteiger partial charge is 0.454 e. The van der Waals surface area contributed by atoms with Gasteiger partial charge in [0.1, 0.15) is 0 Å². The Balaban J connectivity index is 1.32. The lowest BCUT2D eigenvalue weighted by Crippen LogP contribution is -2.25. The van der Waals surface area contributed by atoms with Crippen molar-refractivity contribution in [3.8, 4) is 11.5 Å². The number of ether oxygens (including phenoxy) is 2. The molecule has 4 nitrogen and oxygen atoms in total. The van der Waals surface area contributed by atoms with Gasteiger partial charge in [0, 0.05) is 34.5 Å². The molecule has 3 rings (SSSR count). The van der Waals surface area contributed by atoms with Gasteiger partial charge >= 0.3 is 0 Å². The van der Waals surface area contributed by atoms with E-state index in [-0.39, 0.29) is 12.7 Å². The fourth-order valence-electron chi connectivity index (χ4n) is 2.53. The first-order valence-electron chi connectivity index (χ1n) is 8.29. The number of fused-ring (bicyclic) bond motifs is 1. The number of carbonyl (C=O) groups excluding carboxylic acids is 1. The molecule has 138 valence electrons. The number of halogens is 2. The Hall–Kier alpha value is -1.56. The van der Waals surface area contributed by atoms with Gasteiger partial charge in [0.2, 0.25) is 12.7 Å². The summed E-state index contributed by atoms with van der Waals surface area (Å²) in [5.41, 5.74) is 2.12. The van der Waals surface area contributed by atoms with Gasteiger partial charge in [-0.1, -0.05) is 35.3 Å². The van der Waals surface area contributed by atoms with E-state index >= 15 is 0 Å². The predicted molar refractivity (Wildman–Crippen MR) is 107 cm³/mol. The third-order valence-corrected chi connectivity index (χ3v) is 5.51. The molecule has 0 aromatic heterocycles. The van der Waals surface area contributed by atoms with Crippen LogP contribution in [0.25, 0.3) is 0 Å². The molecule has 2 aromatic carbocycles. The lowest BCUT2D eigenvalue weighted by molar-refractivity contribution is -0.120. The summed E-state index contributed by atoms with van der Waals surface area (Å²) in [6.45, 7) is 0.897. The first kappa shape index (κ1) is 19.2. The van der Waals surface area contributed by atoms with Gasteiger partial charge in [0.15, 0.2) is 11.5 Å². The van der Waals surface area contributed by atoms with Crippen molar-refractivity contribution in [3.63, 3.8) is 0 Å². The normalized spacial score (nSPS) is 12.2. The molecule has 0 fully saturated rings. The highest BCUT2D eigenvalue weighted by molar-refractivity contribution is 7.98. The van der Waals surface area contributed by atoms with Crippen LogP contribution in [0, 0.1) is 0 Å². The van der Waals surface area contributed by atoms with Crippen LogP contribution in [0.1, 0.15) is 17.5 Å². The maximum absolute atomic E-state index is 12.0. The van der Waals surface area contributed by atoms with Gasteiger partial charge in [-0.05, 0) is 41.8 Å². The fourth-order valence-corrected chi connectivity index (χ4v) is 3.94. The third kappa shape index (κ3) is 5.47. The highest BCUT2D eigenvalue weighted by Gasteiger charge is 2.13. The summed E-state index contributed by atoms with van der Waals surface area (Å²) in [7, 11) is 0. The molecule has 0 spiro atoms. The van der Waals surface area contributed by atoms with Crippen molar-refractivity contribution < 1.29 is 14.3 Å². The molecule has 1 heterocycles. The SMILES string of the molecule is O=C(CCc1ccc2c(c1)OCO2)NCCSCc1ccc(Cl)cc1Cl. The second-order valence-corrected chi connectivity index (χ2v) is 7.77. The number of rotatable bonds is 8. The van der Waals surface area contributed by atoms with Gasteiger partial charge in [-0.15, -0.1) is 0 Å². The topological polar surface area (TPSA) is 47.6 Å². The van der Waals surface area contributed by atoms with Crippen LogP contribution in [0.3, 0.4) is 0 Å². The monoisotopic (exact) mass is 411 g/mol. The molecule has 0 saturated heterocycles.